The van der Waals surface area contributed by atoms with E-state index < -0.39 is 29.6 Å². The summed E-state index contributed by atoms with van der Waals surface area (Å²) in [6.07, 6.45) is 2.78. The molecule has 3 aliphatic heterocycles. The number of thioether (sulfide) groups is 1. The molecule has 0 spiro atoms. The Morgan fingerprint density at radius 1 is 1.21 bits per heavy atom. The zero-order chi connectivity index (χ0) is 37.0. The van der Waals surface area contributed by atoms with Crippen LogP contribution in [0.25, 0.3) is 22.2 Å². The Morgan fingerprint density at radius 3 is 2.81 bits per heavy atom. The Balaban J connectivity index is 1.45. The van der Waals surface area contributed by atoms with Gasteiger partial charge in [0.2, 0.25) is 0 Å². The molecule has 3 aliphatic rings. The highest BCUT2D eigenvalue weighted by atomic mass is 32.2. The highest BCUT2D eigenvalue weighted by Crippen LogP contribution is 2.42. The summed E-state index contributed by atoms with van der Waals surface area (Å²) >= 11 is 1.58. The number of aliphatic imine (C=N–C) groups is 1. The number of carbonyl (C=O) groups excluding carboxylic acids is 3. The number of hydrogen-bond acceptors (Lipinski definition) is 11. The number of hydrazine groups is 1. The van der Waals surface area contributed by atoms with E-state index in [2.05, 4.69) is 60.3 Å². The van der Waals surface area contributed by atoms with Gasteiger partial charge in [0, 0.05) is 67.6 Å². The number of rotatable bonds is 8. The molecule has 0 aliphatic carbocycles. The summed E-state index contributed by atoms with van der Waals surface area (Å²) in [5.41, 5.74) is 8.90. The number of alkyl carbamates (subject to hydrolysis) is 1. The van der Waals surface area contributed by atoms with Crippen LogP contribution >= 0.6 is 11.8 Å². The van der Waals surface area contributed by atoms with Crippen LogP contribution in [0.15, 0.2) is 41.5 Å². The van der Waals surface area contributed by atoms with Crippen molar-refractivity contribution in [2.45, 2.75) is 84.2 Å². The monoisotopic (exact) mass is 734 g/mol. The molecular weight excluding hydrogens is 685 g/mol. The molecule has 3 aromatic rings. The number of pyridine rings is 1. The number of amides is 2. The van der Waals surface area contributed by atoms with Crippen molar-refractivity contribution < 1.29 is 33.3 Å². The van der Waals surface area contributed by atoms with Gasteiger partial charge in [-0.25, -0.2) is 10.2 Å². The lowest BCUT2D eigenvalue weighted by molar-refractivity contribution is -0.155. The number of nitrogens with one attached hydrogen (secondary N) is 2. The first-order valence-corrected chi connectivity index (χ1v) is 19.0. The van der Waals surface area contributed by atoms with Crippen molar-refractivity contribution in [1.29, 1.82) is 0 Å². The molecule has 0 saturated carbocycles. The number of methoxy groups -OCH3 is 2. The van der Waals surface area contributed by atoms with Gasteiger partial charge in [-0.05, 0) is 68.5 Å². The summed E-state index contributed by atoms with van der Waals surface area (Å²) in [5.74, 6) is -0.0886. The van der Waals surface area contributed by atoms with Crippen molar-refractivity contribution in [3.63, 3.8) is 0 Å². The summed E-state index contributed by atoms with van der Waals surface area (Å²) in [6, 6.07) is 8.82. The van der Waals surface area contributed by atoms with Gasteiger partial charge in [0.25, 0.3) is 5.91 Å². The fourth-order valence-electron chi connectivity index (χ4n) is 7.20. The predicted molar refractivity (Wildman–Crippen MR) is 200 cm³/mol. The number of aromatic nitrogens is 2. The van der Waals surface area contributed by atoms with E-state index in [1.54, 1.807) is 25.1 Å². The molecule has 4 atom stereocenters. The number of benzene rings is 1. The maximum Gasteiger partial charge on any atom is 0.407 e. The second kappa shape index (κ2) is 16.4. The zero-order valence-electron chi connectivity index (χ0n) is 30.9. The van der Waals surface area contributed by atoms with Gasteiger partial charge < -0.3 is 28.8 Å². The Kier molecular flexibility index (Phi) is 11.9. The third-order valence-corrected chi connectivity index (χ3v) is 11.0. The standard InChI is InChI=1S/C38H50N6O7S/c1-7-43-31-13-12-24-18-26(31)27(34(43)25-10-8-14-39-33(25)23(2)49-6)20-38(3,4)22-51-36(46)28-11-9-15-44(42-28)35(45)29(19-32-40-30(24)21-52-32)41-37(47)50-17-16-48-5/h8,10,12-14,18,23,28-30,42H,7,9,11,15-17,19-22H2,1-6H3,(H,41,47)/t23-,28-,29-,30?/m0/s1. The normalized spacial score (nSPS) is 22.8. The van der Waals surface area contributed by atoms with E-state index >= 15 is 0 Å². The summed E-state index contributed by atoms with van der Waals surface area (Å²) in [6.45, 7) is 9.94. The summed E-state index contributed by atoms with van der Waals surface area (Å²) in [4.78, 5) is 50.2. The molecule has 0 radical (unpaired) electrons. The van der Waals surface area contributed by atoms with E-state index in [1.807, 2.05) is 13.0 Å². The maximum atomic E-state index is 13.9. The van der Waals surface area contributed by atoms with Gasteiger partial charge in [-0.3, -0.25) is 24.6 Å². The van der Waals surface area contributed by atoms with E-state index in [9.17, 15) is 14.4 Å². The second-order valence-electron chi connectivity index (χ2n) is 14.3. The lowest BCUT2D eigenvalue weighted by Gasteiger charge is -2.35. The minimum absolute atomic E-state index is 0.0483. The number of esters is 1. The molecule has 2 aromatic heterocycles. The highest BCUT2D eigenvalue weighted by molar-refractivity contribution is 8.14. The number of carbonyl (C=O) groups is 3. The van der Waals surface area contributed by atoms with Gasteiger partial charge in [-0.1, -0.05) is 19.9 Å². The molecule has 2 N–H and O–H groups in total. The number of nitrogens with zero attached hydrogens (tertiary/aromatic N) is 4. The lowest BCUT2D eigenvalue weighted by atomic mass is 9.84. The summed E-state index contributed by atoms with van der Waals surface area (Å²) in [7, 11) is 3.21. The molecule has 13 nitrogen and oxygen atoms in total. The Hall–Kier alpha value is -3.98. The molecule has 280 valence electrons. The van der Waals surface area contributed by atoms with Gasteiger partial charge in [0.15, 0.2) is 0 Å². The second-order valence-corrected chi connectivity index (χ2v) is 15.4. The van der Waals surface area contributed by atoms with Crippen molar-refractivity contribution in [3.05, 3.63) is 53.3 Å². The van der Waals surface area contributed by atoms with E-state index in [4.69, 9.17) is 28.9 Å². The van der Waals surface area contributed by atoms with Gasteiger partial charge in [0.05, 0.1) is 41.8 Å². The molecule has 6 rings (SSSR count). The number of aryl methyl sites for hydroxylation is 1. The molecule has 52 heavy (non-hydrogen) atoms. The van der Waals surface area contributed by atoms with Crippen molar-refractivity contribution in [1.82, 2.24) is 25.3 Å². The third-order valence-electron chi connectivity index (χ3n) is 9.92. The average Bonchev–Trinajstić information content (AvgIpc) is 3.74. The van der Waals surface area contributed by atoms with Gasteiger partial charge in [-0.15, -0.1) is 11.8 Å². The molecule has 14 heteroatoms. The van der Waals surface area contributed by atoms with Crippen LogP contribution < -0.4 is 10.7 Å². The zero-order valence-corrected chi connectivity index (χ0v) is 31.7. The van der Waals surface area contributed by atoms with Crippen molar-refractivity contribution in [2.75, 3.05) is 46.3 Å². The van der Waals surface area contributed by atoms with Gasteiger partial charge in [0.1, 0.15) is 18.7 Å². The van der Waals surface area contributed by atoms with Crippen LogP contribution in [0.5, 0.6) is 0 Å². The first-order chi connectivity index (χ1) is 25.0. The molecule has 1 aromatic carbocycles. The molecular formula is C38H50N6O7S. The van der Waals surface area contributed by atoms with Crippen molar-refractivity contribution >= 4 is 45.7 Å². The Labute approximate surface area is 309 Å². The van der Waals surface area contributed by atoms with Crippen molar-refractivity contribution in [2.24, 2.45) is 10.4 Å². The van der Waals surface area contributed by atoms with E-state index in [1.165, 1.54) is 12.1 Å². The third kappa shape index (κ3) is 8.14. The number of hydrogen-bond donors (Lipinski definition) is 2. The van der Waals surface area contributed by atoms with Crippen LogP contribution in [0.1, 0.15) is 75.9 Å². The van der Waals surface area contributed by atoms with E-state index in [-0.39, 0.29) is 44.3 Å². The van der Waals surface area contributed by atoms with Crippen molar-refractivity contribution in [3.8, 4) is 11.3 Å². The molecule has 1 saturated heterocycles. The van der Waals surface area contributed by atoms with Gasteiger partial charge >= 0.3 is 12.1 Å². The average molecular weight is 735 g/mol. The predicted octanol–water partition coefficient (Wildman–Crippen LogP) is 5.37. The van der Waals surface area contributed by atoms with Crippen LogP contribution in [0.4, 0.5) is 4.79 Å². The summed E-state index contributed by atoms with van der Waals surface area (Å²) < 4.78 is 24.4. The highest BCUT2D eigenvalue weighted by Gasteiger charge is 2.37. The minimum Gasteiger partial charge on any atom is -0.464 e. The largest absolute Gasteiger partial charge is 0.464 e. The molecule has 1 unspecified atom stereocenters. The van der Waals surface area contributed by atoms with Crippen LogP contribution in [0.3, 0.4) is 0 Å². The Morgan fingerprint density at radius 2 is 2.04 bits per heavy atom. The maximum absolute atomic E-state index is 13.9. The topological polar surface area (TPSA) is 146 Å². The lowest BCUT2D eigenvalue weighted by Crippen LogP contribution is -2.60. The number of fused-ring (bicyclic) bond motifs is 5. The first-order valence-electron chi connectivity index (χ1n) is 18.0. The molecule has 1 fully saturated rings. The van der Waals surface area contributed by atoms with E-state index in [0.717, 1.165) is 50.6 Å². The number of cyclic esters (lactones) is 1. The fraction of sp³-hybridized carbons (Fsp3) is 0.553. The fourth-order valence-corrected chi connectivity index (χ4v) is 8.30. The van der Waals surface area contributed by atoms with Crippen LogP contribution in [-0.4, -0.2) is 96.0 Å². The minimum atomic E-state index is -0.960. The SMILES string of the molecule is CCn1c(-c2cccnc2[C@H](C)OC)c2c3cc(ccc31)C1CSC(=N1)C[C@H](NC(=O)OCCOC)C(=O)N1CCC[C@H](N1)C(=O)OCC(C)(C)C2. The van der Waals surface area contributed by atoms with Crippen LogP contribution in [0, 0.1) is 5.41 Å². The first kappa shape index (κ1) is 37.8. The van der Waals surface area contributed by atoms with Crippen LogP contribution in [-0.2, 0) is 41.5 Å². The van der Waals surface area contributed by atoms with Crippen LogP contribution in [0.2, 0.25) is 0 Å². The Bertz CT molecular complexity index is 1830. The van der Waals surface area contributed by atoms with E-state index in [0.29, 0.717) is 31.6 Å². The quantitative estimate of drug-likeness (QED) is 0.229. The van der Waals surface area contributed by atoms with Gasteiger partial charge in [-0.2, -0.15) is 0 Å². The smallest absolute Gasteiger partial charge is 0.407 e. The molecule has 6 bridgehead atoms. The molecule has 5 heterocycles. The summed E-state index contributed by atoms with van der Waals surface area (Å²) in [5, 5.41) is 6.05. The number of ether oxygens (including phenoxy) is 4. The molecule has 2 amide bonds.